The predicted octanol–water partition coefficient (Wildman–Crippen LogP) is 4.90. The van der Waals surface area contributed by atoms with Crippen LogP contribution >= 0.6 is 54.8 Å². The predicted molar refractivity (Wildman–Crippen MR) is 91.8 cm³/mol. The highest BCUT2D eigenvalue weighted by Crippen LogP contribution is 2.35. The third-order valence-corrected chi connectivity index (χ3v) is 7.20. The van der Waals surface area contributed by atoms with Crippen molar-refractivity contribution in [3.63, 3.8) is 0 Å². The van der Waals surface area contributed by atoms with Gasteiger partial charge in [-0.2, -0.15) is 0 Å². The maximum absolute atomic E-state index is 12.2. The van der Waals surface area contributed by atoms with Crippen LogP contribution in [0.2, 0.25) is 5.02 Å². The average Bonchev–Trinajstić information content (AvgIpc) is 2.73. The first kappa shape index (κ1) is 16.3. The molecule has 108 valence electrons. The Morgan fingerprint density at radius 2 is 1.90 bits per heavy atom. The first-order valence-corrected chi connectivity index (χ1v) is 10.1. The molecule has 0 unspecified atom stereocenters. The number of aryl methyl sites for hydroxylation is 1. The minimum absolute atomic E-state index is 0.180. The van der Waals surface area contributed by atoms with E-state index < -0.39 is 10.0 Å². The van der Waals surface area contributed by atoms with Gasteiger partial charge < -0.3 is 0 Å². The van der Waals surface area contributed by atoms with Gasteiger partial charge in [-0.15, -0.1) is 11.3 Å². The summed E-state index contributed by atoms with van der Waals surface area (Å²) in [6.07, 6.45) is 0.903. The van der Waals surface area contributed by atoms with Gasteiger partial charge in [0.1, 0.15) is 4.21 Å². The number of benzene rings is 1. The molecule has 2 rings (SSSR count). The normalized spacial score (nSPS) is 11.6. The van der Waals surface area contributed by atoms with Crippen molar-refractivity contribution in [3.05, 3.63) is 44.7 Å². The van der Waals surface area contributed by atoms with Gasteiger partial charge in [0.25, 0.3) is 10.0 Å². The van der Waals surface area contributed by atoms with Crippen LogP contribution in [0.1, 0.15) is 5.56 Å². The molecule has 20 heavy (non-hydrogen) atoms. The highest BCUT2D eigenvalue weighted by molar-refractivity contribution is 9.11. The summed E-state index contributed by atoms with van der Waals surface area (Å²) in [6.45, 7) is 0. The molecule has 0 bridgehead atoms. The third-order valence-electron chi connectivity index (χ3n) is 2.48. The number of alkyl halides is 1. The van der Waals surface area contributed by atoms with Gasteiger partial charge in [0.15, 0.2) is 0 Å². The number of hydrogen-bond acceptors (Lipinski definition) is 3. The van der Waals surface area contributed by atoms with Gasteiger partial charge in [-0.25, -0.2) is 8.42 Å². The maximum atomic E-state index is 12.2. The molecule has 0 aliphatic carbocycles. The van der Waals surface area contributed by atoms with Crippen molar-refractivity contribution in [1.82, 2.24) is 0 Å². The lowest BCUT2D eigenvalue weighted by molar-refractivity contribution is 0.603. The Labute approximate surface area is 143 Å². The van der Waals surface area contributed by atoms with Gasteiger partial charge >= 0.3 is 0 Å². The molecule has 2 aromatic rings. The second-order valence-electron chi connectivity index (χ2n) is 3.93. The molecule has 0 amide bonds. The number of sulfonamides is 1. The molecular formula is C12H10Br2ClNO2S2. The summed E-state index contributed by atoms with van der Waals surface area (Å²) in [4.78, 5) is 0. The fourth-order valence-corrected chi connectivity index (χ4v) is 5.43. The smallest absolute Gasteiger partial charge is 0.271 e. The Kier molecular flexibility index (Phi) is 5.53. The summed E-state index contributed by atoms with van der Waals surface area (Å²) in [5.74, 6) is 0. The number of rotatable bonds is 5. The Hall–Kier alpha value is -0.0800. The number of thiophene rings is 1. The molecule has 8 heteroatoms. The molecule has 0 aliphatic rings. The minimum Gasteiger partial charge on any atom is -0.279 e. The van der Waals surface area contributed by atoms with Crippen LogP contribution in [0.3, 0.4) is 0 Å². The third kappa shape index (κ3) is 3.98. The largest absolute Gasteiger partial charge is 0.279 e. The van der Waals surface area contributed by atoms with E-state index in [1.165, 1.54) is 6.07 Å². The summed E-state index contributed by atoms with van der Waals surface area (Å²) in [5.41, 5.74) is 1.68. The van der Waals surface area contributed by atoms with E-state index in [0.717, 1.165) is 28.7 Å². The molecule has 0 saturated carbocycles. The highest BCUT2D eigenvalue weighted by atomic mass is 79.9. The van der Waals surface area contributed by atoms with E-state index >= 15 is 0 Å². The fraction of sp³-hybridized carbons (Fsp3) is 0.167. The fourth-order valence-electron chi connectivity index (χ4n) is 1.51. The first-order chi connectivity index (χ1) is 9.42. The van der Waals surface area contributed by atoms with Crippen molar-refractivity contribution in [3.8, 4) is 0 Å². The SMILES string of the molecule is O=S(=O)(Nc1ccc(CCBr)cc1)c1cc(Cl)c(Br)s1. The molecule has 1 heterocycles. The molecule has 0 radical (unpaired) electrons. The average molecular weight is 460 g/mol. The van der Waals surface area contributed by atoms with Gasteiger partial charge in [0, 0.05) is 11.0 Å². The highest BCUT2D eigenvalue weighted by Gasteiger charge is 2.19. The molecule has 0 aliphatic heterocycles. The molecular weight excluding hydrogens is 450 g/mol. The molecule has 0 atom stereocenters. The van der Waals surface area contributed by atoms with Crippen LogP contribution in [-0.2, 0) is 16.4 Å². The van der Waals surface area contributed by atoms with Crippen LogP contribution in [-0.4, -0.2) is 13.7 Å². The van der Waals surface area contributed by atoms with E-state index in [1.807, 2.05) is 12.1 Å². The molecule has 0 fully saturated rings. The second-order valence-corrected chi connectivity index (χ2v) is 9.41. The van der Waals surface area contributed by atoms with Gasteiger partial charge in [-0.1, -0.05) is 39.7 Å². The summed E-state index contributed by atoms with van der Waals surface area (Å²) in [7, 11) is -3.60. The molecule has 1 N–H and O–H groups in total. The quantitative estimate of drug-likeness (QED) is 0.647. The van der Waals surface area contributed by atoms with Crippen molar-refractivity contribution in [1.29, 1.82) is 0 Å². The lowest BCUT2D eigenvalue weighted by Crippen LogP contribution is -2.11. The minimum atomic E-state index is -3.60. The molecule has 1 aromatic heterocycles. The summed E-state index contributed by atoms with van der Waals surface area (Å²) >= 11 is 13.5. The lowest BCUT2D eigenvalue weighted by atomic mass is 10.2. The monoisotopic (exact) mass is 457 g/mol. The zero-order chi connectivity index (χ0) is 14.8. The summed E-state index contributed by atoms with van der Waals surface area (Å²) in [6, 6.07) is 8.73. The van der Waals surface area contributed by atoms with Crippen molar-refractivity contribution >= 4 is 70.5 Å². The Morgan fingerprint density at radius 1 is 1.25 bits per heavy atom. The number of hydrogen-bond donors (Lipinski definition) is 1. The topological polar surface area (TPSA) is 46.2 Å². The summed E-state index contributed by atoms with van der Waals surface area (Å²) in [5, 5.41) is 1.27. The van der Waals surface area contributed by atoms with Crippen molar-refractivity contribution < 1.29 is 8.42 Å². The number of nitrogens with one attached hydrogen (secondary N) is 1. The van der Waals surface area contributed by atoms with Crippen molar-refractivity contribution in [2.24, 2.45) is 0 Å². The van der Waals surface area contributed by atoms with Gasteiger partial charge in [-0.05, 0) is 46.1 Å². The van der Waals surface area contributed by atoms with Gasteiger partial charge in [-0.3, -0.25) is 4.72 Å². The van der Waals surface area contributed by atoms with E-state index in [9.17, 15) is 8.42 Å². The summed E-state index contributed by atoms with van der Waals surface area (Å²) < 4.78 is 27.7. The Bertz CT molecular complexity index is 679. The zero-order valence-electron chi connectivity index (χ0n) is 10.1. The van der Waals surface area contributed by atoms with Crippen LogP contribution in [0.5, 0.6) is 0 Å². The van der Waals surface area contributed by atoms with E-state index in [1.54, 1.807) is 12.1 Å². The first-order valence-electron chi connectivity index (χ1n) is 5.55. The van der Waals surface area contributed by atoms with Gasteiger partial charge in [0.05, 0.1) is 8.81 Å². The van der Waals surface area contributed by atoms with Crippen LogP contribution in [0.4, 0.5) is 5.69 Å². The maximum Gasteiger partial charge on any atom is 0.271 e. The molecule has 0 spiro atoms. The Morgan fingerprint density at radius 3 is 2.40 bits per heavy atom. The molecule has 0 saturated heterocycles. The van der Waals surface area contributed by atoms with Crippen LogP contribution in [0.25, 0.3) is 0 Å². The number of halogens is 3. The van der Waals surface area contributed by atoms with E-state index in [4.69, 9.17) is 11.6 Å². The van der Waals surface area contributed by atoms with Crippen LogP contribution < -0.4 is 4.72 Å². The van der Waals surface area contributed by atoms with Crippen molar-refractivity contribution in [2.75, 3.05) is 10.1 Å². The standard InChI is InChI=1S/C12H10Br2ClNO2S2/c13-6-5-8-1-3-9(4-2-8)16-20(17,18)11-7-10(15)12(14)19-11/h1-4,7,16H,5-6H2. The Balaban J connectivity index is 2.19. The number of anilines is 1. The second kappa shape index (κ2) is 6.79. The van der Waals surface area contributed by atoms with Crippen LogP contribution in [0.15, 0.2) is 38.3 Å². The molecule has 1 aromatic carbocycles. The zero-order valence-corrected chi connectivity index (χ0v) is 15.6. The van der Waals surface area contributed by atoms with E-state index in [-0.39, 0.29) is 4.21 Å². The van der Waals surface area contributed by atoms with E-state index in [0.29, 0.717) is 14.5 Å². The van der Waals surface area contributed by atoms with Gasteiger partial charge in [0.2, 0.25) is 0 Å². The lowest BCUT2D eigenvalue weighted by Gasteiger charge is -2.06. The van der Waals surface area contributed by atoms with Crippen LogP contribution in [0, 0.1) is 0 Å². The molecule has 3 nitrogen and oxygen atoms in total. The van der Waals surface area contributed by atoms with Crippen molar-refractivity contribution in [2.45, 2.75) is 10.6 Å². The van der Waals surface area contributed by atoms with E-state index in [2.05, 4.69) is 36.6 Å².